The van der Waals surface area contributed by atoms with E-state index in [2.05, 4.69) is 14.9 Å². The summed E-state index contributed by atoms with van der Waals surface area (Å²) < 4.78 is 38.6. The fraction of sp³-hybridized carbons (Fsp3) is 0.300. The van der Waals surface area contributed by atoms with Crippen LogP contribution in [0.25, 0.3) is 22.4 Å². The molecule has 0 bridgehead atoms. The van der Waals surface area contributed by atoms with Gasteiger partial charge >= 0.3 is 6.18 Å². The van der Waals surface area contributed by atoms with E-state index in [-0.39, 0.29) is 5.91 Å². The molecule has 1 saturated heterocycles. The van der Waals surface area contributed by atoms with Crippen LogP contribution in [0.5, 0.6) is 0 Å². The first-order valence-corrected chi connectivity index (χ1v) is 8.99. The number of hydrogen-bond acceptors (Lipinski definition) is 3. The number of carbonyl (C=O) groups excluding carboxylic acids is 1. The molecule has 1 aliphatic rings. The Morgan fingerprint density at radius 3 is 2.32 bits per heavy atom. The Balaban J connectivity index is 1.53. The zero-order chi connectivity index (χ0) is 19.9. The minimum atomic E-state index is -4.38. The van der Waals surface area contributed by atoms with Crippen molar-refractivity contribution in [1.82, 2.24) is 14.9 Å². The molecule has 1 N–H and O–H groups in total. The van der Waals surface area contributed by atoms with Gasteiger partial charge < -0.3 is 14.8 Å². The van der Waals surface area contributed by atoms with E-state index in [1.807, 2.05) is 29.2 Å². The quantitative estimate of drug-likeness (QED) is 0.724. The third kappa shape index (κ3) is 3.54. The SMILES string of the molecule is CC(=O)N1CCN(c2ccc(-c3nc4ccc(C(F)(F)F)cc4[nH]3)cc2)CC1. The summed E-state index contributed by atoms with van der Waals surface area (Å²) in [5, 5.41) is 0. The van der Waals surface area contributed by atoms with Gasteiger partial charge in [0.05, 0.1) is 16.6 Å². The number of halogens is 3. The normalized spacial score (nSPS) is 15.3. The molecule has 1 amide bonds. The molecule has 146 valence electrons. The molecule has 1 fully saturated rings. The number of aromatic amines is 1. The number of benzene rings is 2. The molecule has 8 heteroatoms. The van der Waals surface area contributed by atoms with Crippen LogP contribution in [0.4, 0.5) is 18.9 Å². The van der Waals surface area contributed by atoms with Crippen molar-refractivity contribution in [2.24, 2.45) is 0 Å². The van der Waals surface area contributed by atoms with Crippen LogP contribution in [-0.2, 0) is 11.0 Å². The van der Waals surface area contributed by atoms with E-state index < -0.39 is 11.7 Å². The summed E-state index contributed by atoms with van der Waals surface area (Å²) in [6.07, 6.45) is -4.38. The summed E-state index contributed by atoms with van der Waals surface area (Å²) in [6, 6.07) is 11.2. The van der Waals surface area contributed by atoms with Gasteiger partial charge in [0, 0.05) is 44.4 Å². The number of piperazine rings is 1. The van der Waals surface area contributed by atoms with Gasteiger partial charge in [0.1, 0.15) is 5.82 Å². The van der Waals surface area contributed by atoms with Gasteiger partial charge in [0.15, 0.2) is 0 Å². The van der Waals surface area contributed by atoms with Crippen molar-refractivity contribution in [3.05, 3.63) is 48.0 Å². The Hall–Kier alpha value is -3.03. The first kappa shape index (κ1) is 18.3. The Bertz CT molecular complexity index is 1000. The number of fused-ring (bicyclic) bond motifs is 1. The van der Waals surface area contributed by atoms with Crippen molar-refractivity contribution in [1.29, 1.82) is 0 Å². The number of rotatable bonds is 2. The second-order valence-electron chi connectivity index (χ2n) is 6.86. The van der Waals surface area contributed by atoms with E-state index in [0.29, 0.717) is 29.9 Å². The van der Waals surface area contributed by atoms with Crippen molar-refractivity contribution in [2.75, 3.05) is 31.1 Å². The van der Waals surface area contributed by atoms with Crippen molar-refractivity contribution < 1.29 is 18.0 Å². The molecule has 1 aliphatic heterocycles. The molecule has 5 nitrogen and oxygen atoms in total. The smallest absolute Gasteiger partial charge is 0.368 e. The molecular formula is C20H19F3N4O. The van der Waals surface area contributed by atoms with Crippen LogP contribution in [0.3, 0.4) is 0 Å². The summed E-state index contributed by atoms with van der Waals surface area (Å²) in [7, 11) is 0. The van der Waals surface area contributed by atoms with Crippen LogP contribution < -0.4 is 4.90 Å². The largest absolute Gasteiger partial charge is 0.416 e. The van der Waals surface area contributed by atoms with Crippen LogP contribution in [0, 0.1) is 0 Å². The molecule has 0 radical (unpaired) electrons. The predicted molar refractivity (Wildman–Crippen MR) is 101 cm³/mol. The minimum absolute atomic E-state index is 0.0913. The van der Waals surface area contributed by atoms with Crippen molar-refractivity contribution >= 4 is 22.6 Å². The fourth-order valence-corrected chi connectivity index (χ4v) is 3.43. The lowest BCUT2D eigenvalue weighted by molar-refractivity contribution is -0.137. The molecule has 1 aromatic heterocycles. The molecule has 0 spiro atoms. The third-order valence-corrected chi connectivity index (χ3v) is 5.04. The molecule has 0 unspecified atom stereocenters. The molecule has 0 aliphatic carbocycles. The number of aromatic nitrogens is 2. The average Bonchev–Trinajstić information content (AvgIpc) is 3.11. The predicted octanol–water partition coefficient (Wildman–Crippen LogP) is 3.92. The summed E-state index contributed by atoms with van der Waals surface area (Å²) in [6.45, 7) is 4.51. The molecule has 0 atom stereocenters. The number of alkyl halides is 3. The lowest BCUT2D eigenvalue weighted by Gasteiger charge is -2.35. The number of amides is 1. The van der Waals surface area contributed by atoms with Gasteiger partial charge in [-0.25, -0.2) is 4.98 Å². The van der Waals surface area contributed by atoms with Crippen LogP contribution in [0.15, 0.2) is 42.5 Å². The maximum atomic E-state index is 12.9. The van der Waals surface area contributed by atoms with Gasteiger partial charge in [-0.1, -0.05) is 0 Å². The summed E-state index contributed by atoms with van der Waals surface area (Å²) >= 11 is 0. The van der Waals surface area contributed by atoms with E-state index in [0.717, 1.165) is 36.5 Å². The standard InChI is InChI=1S/C20H19F3N4O/c1-13(28)26-8-10-27(11-9-26)16-5-2-14(3-6-16)19-24-17-7-4-15(20(21,22)23)12-18(17)25-19/h2-7,12H,8-11H2,1H3,(H,24,25). The van der Waals surface area contributed by atoms with Crippen LogP contribution in [-0.4, -0.2) is 47.0 Å². The molecule has 3 aromatic rings. The van der Waals surface area contributed by atoms with Gasteiger partial charge in [-0.2, -0.15) is 13.2 Å². The summed E-state index contributed by atoms with van der Waals surface area (Å²) in [5.74, 6) is 0.621. The monoisotopic (exact) mass is 388 g/mol. The number of nitrogens with one attached hydrogen (secondary N) is 1. The van der Waals surface area contributed by atoms with Gasteiger partial charge in [0.25, 0.3) is 0 Å². The molecule has 0 saturated carbocycles. The number of anilines is 1. The van der Waals surface area contributed by atoms with E-state index in [4.69, 9.17) is 0 Å². The van der Waals surface area contributed by atoms with Crippen molar-refractivity contribution in [2.45, 2.75) is 13.1 Å². The first-order valence-electron chi connectivity index (χ1n) is 8.99. The Labute approximate surface area is 159 Å². The summed E-state index contributed by atoms with van der Waals surface area (Å²) in [5.41, 5.74) is 2.00. The highest BCUT2D eigenvalue weighted by Gasteiger charge is 2.30. The van der Waals surface area contributed by atoms with E-state index >= 15 is 0 Å². The van der Waals surface area contributed by atoms with Gasteiger partial charge in [0.2, 0.25) is 5.91 Å². The highest BCUT2D eigenvalue weighted by Crippen LogP contribution is 2.32. The number of hydrogen-bond donors (Lipinski definition) is 1. The van der Waals surface area contributed by atoms with E-state index in [9.17, 15) is 18.0 Å². The lowest BCUT2D eigenvalue weighted by Crippen LogP contribution is -2.48. The van der Waals surface area contributed by atoms with Crippen molar-refractivity contribution in [3.8, 4) is 11.4 Å². The topological polar surface area (TPSA) is 52.2 Å². The Kier molecular flexibility index (Phi) is 4.49. The minimum Gasteiger partial charge on any atom is -0.368 e. The molecule has 28 heavy (non-hydrogen) atoms. The number of imidazole rings is 1. The second kappa shape index (κ2) is 6.85. The highest BCUT2D eigenvalue weighted by molar-refractivity contribution is 5.80. The van der Waals surface area contributed by atoms with E-state index in [1.165, 1.54) is 6.07 Å². The number of H-pyrrole nitrogens is 1. The summed E-state index contributed by atoms with van der Waals surface area (Å²) in [4.78, 5) is 22.8. The van der Waals surface area contributed by atoms with Crippen LogP contribution >= 0.6 is 0 Å². The zero-order valence-corrected chi connectivity index (χ0v) is 15.3. The lowest BCUT2D eigenvalue weighted by atomic mass is 10.1. The van der Waals surface area contributed by atoms with Gasteiger partial charge in [-0.05, 0) is 42.5 Å². The Morgan fingerprint density at radius 2 is 1.71 bits per heavy atom. The van der Waals surface area contributed by atoms with Crippen molar-refractivity contribution in [3.63, 3.8) is 0 Å². The second-order valence-corrected chi connectivity index (χ2v) is 6.86. The molecule has 2 aromatic carbocycles. The molecule has 4 rings (SSSR count). The van der Waals surface area contributed by atoms with Crippen LogP contribution in [0.2, 0.25) is 0 Å². The highest BCUT2D eigenvalue weighted by atomic mass is 19.4. The number of carbonyl (C=O) groups is 1. The van der Waals surface area contributed by atoms with E-state index in [1.54, 1.807) is 6.92 Å². The van der Waals surface area contributed by atoms with Crippen LogP contribution in [0.1, 0.15) is 12.5 Å². The zero-order valence-electron chi connectivity index (χ0n) is 15.3. The Morgan fingerprint density at radius 1 is 1.04 bits per heavy atom. The maximum absolute atomic E-state index is 12.9. The maximum Gasteiger partial charge on any atom is 0.416 e. The molecular weight excluding hydrogens is 369 g/mol. The first-order chi connectivity index (χ1) is 13.3. The van der Waals surface area contributed by atoms with Gasteiger partial charge in [-0.3, -0.25) is 4.79 Å². The third-order valence-electron chi connectivity index (χ3n) is 5.04. The average molecular weight is 388 g/mol. The number of nitrogens with zero attached hydrogens (tertiary/aromatic N) is 3. The fourth-order valence-electron chi connectivity index (χ4n) is 3.43. The molecule has 2 heterocycles. The van der Waals surface area contributed by atoms with Gasteiger partial charge in [-0.15, -0.1) is 0 Å².